The van der Waals surface area contributed by atoms with E-state index in [1.165, 1.54) is 25.9 Å². The van der Waals surface area contributed by atoms with Gasteiger partial charge in [-0.15, -0.1) is 0 Å². The summed E-state index contributed by atoms with van der Waals surface area (Å²) in [6.45, 7) is 3.41. The quantitative estimate of drug-likeness (QED) is 0.714. The van der Waals surface area contributed by atoms with Crippen molar-refractivity contribution in [3.8, 4) is 0 Å². The third-order valence-corrected chi connectivity index (χ3v) is 4.48. The molecule has 3 fully saturated rings. The number of fused-ring (bicyclic) bond motifs is 3. The summed E-state index contributed by atoms with van der Waals surface area (Å²) in [4.78, 5) is 14.7. The fourth-order valence-corrected chi connectivity index (χ4v) is 3.53. The molecule has 80 valence electrons. The monoisotopic (exact) mass is 221 g/mol. The molecule has 1 aromatic heterocycles. The van der Waals surface area contributed by atoms with Crippen molar-refractivity contribution >= 4 is 17.1 Å². The maximum absolute atomic E-state index is 12.2. The SMILES string of the molecule is O=C(c1ccsc1)[C@H]1CN2CCC1CC2. The first-order valence-electron chi connectivity index (χ1n) is 5.63. The second-order valence-corrected chi connectivity index (χ2v) is 5.40. The average molecular weight is 221 g/mol. The first kappa shape index (κ1) is 9.55. The van der Waals surface area contributed by atoms with E-state index in [1.807, 2.05) is 16.8 Å². The standard InChI is InChI=1S/C12H15NOS/c14-12(10-3-6-15-8-10)11-7-13-4-1-9(11)2-5-13/h3,6,8-9,11H,1-2,4-5,7H2/t11-/m0/s1. The second-order valence-electron chi connectivity index (χ2n) is 4.62. The number of rotatable bonds is 2. The molecule has 0 saturated carbocycles. The number of hydrogen-bond acceptors (Lipinski definition) is 3. The van der Waals surface area contributed by atoms with Crippen molar-refractivity contribution < 1.29 is 4.79 Å². The van der Waals surface area contributed by atoms with Crippen molar-refractivity contribution in [3.63, 3.8) is 0 Å². The smallest absolute Gasteiger partial charge is 0.168 e. The van der Waals surface area contributed by atoms with Gasteiger partial charge in [-0.05, 0) is 43.3 Å². The minimum absolute atomic E-state index is 0.280. The van der Waals surface area contributed by atoms with Crippen molar-refractivity contribution in [2.24, 2.45) is 11.8 Å². The highest BCUT2D eigenvalue weighted by atomic mass is 32.1. The largest absolute Gasteiger partial charge is 0.303 e. The van der Waals surface area contributed by atoms with Crippen LogP contribution in [0.5, 0.6) is 0 Å². The second kappa shape index (κ2) is 3.72. The predicted octanol–water partition coefficient (Wildman–Crippen LogP) is 2.27. The van der Waals surface area contributed by atoms with Gasteiger partial charge in [0.1, 0.15) is 0 Å². The fourth-order valence-electron chi connectivity index (χ4n) is 2.88. The molecule has 3 aliphatic rings. The Bertz CT molecular complexity index is 352. The van der Waals surface area contributed by atoms with Crippen LogP contribution in [0.25, 0.3) is 0 Å². The van der Waals surface area contributed by atoms with Crippen LogP contribution in [0, 0.1) is 11.8 Å². The van der Waals surface area contributed by atoms with Crippen LogP contribution in [0.4, 0.5) is 0 Å². The van der Waals surface area contributed by atoms with Crippen LogP contribution >= 0.6 is 11.3 Å². The van der Waals surface area contributed by atoms with Gasteiger partial charge in [0.05, 0.1) is 0 Å². The van der Waals surface area contributed by atoms with Gasteiger partial charge in [0, 0.05) is 23.4 Å². The maximum atomic E-state index is 12.2. The zero-order valence-electron chi connectivity index (χ0n) is 8.69. The lowest BCUT2D eigenvalue weighted by Crippen LogP contribution is -2.49. The third kappa shape index (κ3) is 1.64. The molecule has 0 radical (unpaired) electrons. The molecule has 1 atom stereocenters. The molecule has 4 heterocycles. The molecule has 1 aromatic rings. The Morgan fingerprint density at radius 1 is 1.40 bits per heavy atom. The summed E-state index contributed by atoms with van der Waals surface area (Å²) in [6.07, 6.45) is 2.45. The zero-order chi connectivity index (χ0) is 10.3. The predicted molar refractivity (Wildman–Crippen MR) is 61.3 cm³/mol. The van der Waals surface area contributed by atoms with Crippen LogP contribution in [0.1, 0.15) is 23.2 Å². The fraction of sp³-hybridized carbons (Fsp3) is 0.583. The number of carbonyl (C=O) groups excluding carboxylic acids is 1. The van der Waals surface area contributed by atoms with Gasteiger partial charge in [-0.2, -0.15) is 11.3 Å². The van der Waals surface area contributed by atoms with Crippen LogP contribution in [0.15, 0.2) is 16.8 Å². The highest BCUT2D eigenvalue weighted by Gasteiger charge is 2.38. The molecule has 15 heavy (non-hydrogen) atoms. The normalized spacial score (nSPS) is 34.3. The molecule has 2 nitrogen and oxygen atoms in total. The van der Waals surface area contributed by atoms with Gasteiger partial charge in [0.15, 0.2) is 5.78 Å². The Morgan fingerprint density at radius 3 is 2.73 bits per heavy atom. The van der Waals surface area contributed by atoms with Crippen LogP contribution < -0.4 is 0 Å². The molecule has 0 N–H and O–H groups in total. The van der Waals surface area contributed by atoms with E-state index in [9.17, 15) is 4.79 Å². The highest BCUT2D eigenvalue weighted by Crippen LogP contribution is 2.34. The van der Waals surface area contributed by atoms with Gasteiger partial charge in [-0.3, -0.25) is 4.79 Å². The van der Waals surface area contributed by atoms with Crippen LogP contribution in [0.2, 0.25) is 0 Å². The molecular weight excluding hydrogens is 206 g/mol. The summed E-state index contributed by atoms with van der Waals surface area (Å²) >= 11 is 1.62. The first-order valence-corrected chi connectivity index (χ1v) is 6.57. The summed E-state index contributed by atoms with van der Waals surface area (Å²) in [7, 11) is 0. The van der Waals surface area contributed by atoms with E-state index in [-0.39, 0.29) is 5.92 Å². The first-order chi connectivity index (χ1) is 7.34. The number of hydrogen-bond donors (Lipinski definition) is 0. The number of piperidine rings is 3. The summed E-state index contributed by atoms with van der Waals surface area (Å²) < 4.78 is 0. The Balaban J connectivity index is 1.80. The Kier molecular flexibility index (Phi) is 2.37. The summed E-state index contributed by atoms with van der Waals surface area (Å²) in [5.41, 5.74) is 0.929. The molecule has 0 amide bonds. The van der Waals surface area contributed by atoms with Crippen LogP contribution in [0.3, 0.4) is 0 Å². The van der Waals surface area contributed by atoms with Gasteiger partial charge in [-0.25, -0.2) is 0 Å². The highest BCUT2D eigenvalue weighted by molar-refractivity contribution is 7.08. The van der Waals surface area contributed by atoms with E-state index < -0.39 is 0 Å². The van der Waals surface area contributed by atoms with Crippen LogP contribution in [-0.2, 0) is 0 Å². The number of thiophene rings is 1. The van der Waals surface area contributed by atoms with Crippen molar-refractivity contribution in [3.05, 3.63) is 22.4 Å². The van der Waals surface area contributed by atoms with E-state index in [0.29, 0.717) is 11.7 Å². The number of carbonyl (C=O) groups is 1. The van der Waals surface area contributed by atoms with Crippen molar-refractivity contribution in [1.29, 1.82) is 0 Å². The van der Waals surface area contributed by atoms with E-state index in [0.717, 1.165) is 12.1 Å². The molecule has 3 saturated heterocycles. The summed E-state index contributed by atoms with van der Waals surface area (Å²) in [5.74, 6) is 1.31. The molecule has 0 spiro atoms. The topological polar surface area (TPSA) is 20.3 Å². The number of ketones is 1. The molecule has 3 heteroatoms. The Hall–Kier alpha value is -0.670. The van der Waals surface area contributed by atoms with Crippen molar-refractivity contribution in [1.82, 2.24) is 4.90 Å². The van der Waals surface area contributed by atoms with Crippen LogP contribution in [-0.4, -0.2) is 30.3 Å². The van der Waals surface area contributed by atoms with Gasteiger partial charge in [0.2, 0.25) is 0 Å². The Labute approximate surface area is 93.9 Å². The zero-order valence-corrected chi connectivity index (χ0v) is 9.50. The lowest BCUT2D eigenvalue weighted by molar-refractivity contribution is 0.0419. The van der Waals surface area contributed by atoms with Crippen molar-refractivity contribution in [2.45, 2.75) is 12.8 Å². The number of nitrogens with zero attached hydrogens (tertiary/aromatic N) is 1. The van der Waals surface area contributed by atoms with Gasteiger partial charge in [0.25, 0.3) is 0 Å². The van der Waals surface area contributed by atoms with E-state index in [2.05, 4.69) is 4.90 Å². The lowest BCUT2D eigenvalue weighted by Gasteiger charge is -2.44. The van der Waals surface area contributed by atoms with E-state index in [4.69, 9.17) is 0 Å². The van der Waals surface area contributed by atoms with Gasteiger partial charge < -0.3 is 4.90 Å². The van der Waals surface area contributed by atoms with E-state index in [1.54, 1.807) is 11.3 Å². The minimum Gasteiger partial charge on any atom is -0.303 e. The third-order valence-electron chi connectivity index (χ3n) is 3.80. The maximum Gasteiger partial charge on any atom is 0.168 e. The average Bonchev–Trinajstić information content (AvgIpc) is 2.83. The molecule has 3 aliphatic heterocycles. The number of Topliss-reactive ketones (excluding diaryl/α,β-unsaturated/α-hetero) is 1. The minimum atomic E-state index is 0.280. The van der Waals surface area contributed by atoms with Gasteiger partial charge >= 0.3 is 0 Å². The molecule has 0 unspecified atom stereocenters. The summed E-state index contributed by atoms with van der Waals surface area (Å²) in [5, 5.41) is 3.98. The summed E-state index contributed by atoms with van der Waals surface area (Å²) in [6, 6.07) is 1.96. The Morgan fingerprint density at radius 2 is 2.20 bits per heavy atom. The molecule has 4 rings (SSSR count). The van der Waals surface area contributed by atoms with Gasteiger partial charge in [-0.1, -0.05) is 0 Å². The van der Waals surface area contributed by atoms with Crippen molar-refractivity contribution in [2.75, 3.05) is 19.6 Å². The van der Waals surface area contributed by atoms with E-state index >= 15 is 0 Å². The molecular formula is C12H15NOS. The molecule has 0 aliphatic carbocycles. The lowest BCUT2D eigenvalue weighted by atomic mass is 9.76. The molecule has 0 aromatic carbocycles. The molecule has 2 bridgehead atoms.